The molecule has 0 aromatic heterocycles. The second-order valence-electron chi connectivity index (χ2n) is 5.03. The number of hydrogen-bond acceptors (Lipinski definition) is 3. The van der Waals surface area contributed by atoms with Gasteiger partial charge in [0.15, 0.2) is 0 Å². The molecule has 0 amide bonds. The molecule has 5 heteroatoms. The van der Waals surface area contributed by atoms with Gasteiger partial charge in [-0.3, -0.25) is 0 Å². The smallest absolute Gasteiger partial charge is 0.221 e. The summed E-state index contributed by atoms with van der Waals surface area (Å²) in [4.78, 5) is 0. The zero-order valence-corrected chi connectivity index (χ0v) is 10.2. The van der Waals surface area contributed by atoms with Crippen molar-refractivity contribution < 1.29 is 8.42 Å². The van der Waals surface area contributed by atoms with Crippen molar-refractivity contribution in [2.75, 3.05) is 13.6 Å². The highest BCUT2D eigenvalue weighted by Crippen LogP contribution is 2.45. The van der Waals surface area contributed by atoms with E-state index in [1.807, 2.05) is 20.8 Å². The molecule has 1 aliphatic carbocycles. The fourth-order valence-corrected chi connectivity index (χ4v) is 3.49. The Balaban J connectivity index is 2.98. The van der Waals surface area contributed by atoms with Gasteiger partial charge < -0.3 is 5.73 Å². The number of sulfonamides is 1. The van der Waals surface area contributed by atoms with Gasteiger partial charge in [-0.1, -0.05) is 0 Å². The highest BCUT2D eigenvalue weighted by atomic mass is 32.2. The molecule has 84 valence electrons. The third-order valence-corrected chi connectivity index (χ3v) is 5.97. The fraction of sp³-hybridized carbons (Fsp3) is 1.00. The summed E-state index contributed by atoms with van der Waals surface area (Å²) in [5.41, 5.74) is 5.16. The van der Waals surface area contributed by atoms with Crippen molar-refractivity contribution in [2.24, 2.45) is 5.73 Å². The topological polar surface area (TPSA) is 63.4 Å². The summed E-state index contributed by atoms with van der Waals surface area (Å²) in [7, 11) is -1.60. The zero-order valence-electron chi connectivity index (χ0n) is 9.37. The van der Waals surface area contributed by atoms with Gasteiger partial charge in [0.1, 0.15) is 0 Å². The van der Waals surface area contributed by atoms with E-state index < -0.39 is 14.8 Å². The van der Waals surface area contributed by atoms with Crippen molar-refractivity contribution in [2.45, 2.75) is 43.9 Å². The molecule has 0 aliphatic heterocycles. The van der Waals surface area contributed by atoms with Crippen molar-refractivity contribution in [3.05, 3.63) is 0 Å². The highest BCUT2D eigenvalue weighted by Gasteiger charge is 2.56. The predicted molar refractivity (Wildman–Crippen MR) is 57.5 cm³/mol. The van der Waals surface area contributed by atoms with Gasteiger partial charge in [0.05, 0.1) is 4.75 Å². The molecule has 0 aromatic carbocycles. The van der Waals surface area contributed by atoms with Gasteiger partial charge in [0, 0.05) is 19.1 Å². The lowest BCUT2D eigenvalue weighted by molar-refractivity contribution is 0.287. The minimum absolute atomic E-state index is 0.232. The van der Waals surface area contributed by atoms with Crippen LogP contribution in [-0.4, -0.2) is 36.6 Å². The van der Waals surface area contributed by atoms with Crippen LogP contribution in [0.5, 0.6) is 0 Å². The van der Waals surface area contributed by atoms with E-state index in [9.17, 15) is 8.42 Å². The van der Waals surface area contributed by atoms with E-state index in [2.05, 4.69) is 0 Å². The van der Waals surface area contributed by atoms with Crippen LogP contribution in [0.25, 0.3) is 0 Å². The molecule has 1 rings (SSSR count). The maximum atomic E-state index is 12.1. The SMILES string of the molecule is CN(C(C)(C)C)S(=O)(=O)C1(CN)CC1. The molecular weight excluding hydrogens is 200 g/mol. The third kappa shape index (κ3) is 1.68. The van der Waals surface area contributed by atoms with Crippen molar-refractivity contribution >= 4 is 10.0 Å². The molecule has 0 bridgehead atoms. The summed E-state index contributed by atoms with van der Waals surface area (Å²) in [5, 5.41) is 0. The van der Waals surface area contributed by atoms with Crippen molar-refractivity contribution in [3.8, 4) is 0 Å². The first kappa shape index (κ1) is 11.9. The molecule has 0 saturated heterocycles. The van der Waals surface area contributed by atoms with E-state index >= 15 is 0 Å². The third-order valence-electron chi connectivity index (χ3n) is 3.03. The van der Waals surface area contributed by atoms with Gasteiger partial charge >= 0.3 is 0 Å². The summed E-state index contributed by atoms with van der Waals surface area (Å²) >= 11 is 0. The van der Waals surface area contributed by atoms with E-state index in [1.54, 1.807) is 7.05 Å². The molecule has 0 aromatic rings. The number of nitrogens with two attached hydrogens (primary N) is 1. The summed E-state index contributed by atoms with van der Waals surface area (Å²) in [5.74, 6) is 0. The zero-order chi connectivity index (χ0) is 11.2. The summed E-state index contributed by atoms with van der Waals surface area (Å²) < 4.78 is 25.1. The molecule has 2 N–H and O–H groups in total. The first-order valence-electron chi connectivity index (χ1n) is 4.86. The van der Waals surface area contributed by atoms with Crippen LogP contribution in [0.15, 0.2) is 0 Å². The molecule has 0 atom stereocenters. The van der Waals surface area contributed by atoms with Gasteiger partial charge in [-0.2, -0.15) is 4.31 Å². The molecule has 4 nitrogen and oxygen atoms in total. The van der Waals surface area contributed by atoms with Crippen LogP contribution in [-0.2, 0) is 10.0 Å². The van der Waals surface area contributed by atoms with Gasteiger partial charge in [-0.15, -0.1) is 0 Å². The standard InChI is InChI=1S/C9H20N2O2S/c1-8(2,3)11(4)14(12,13)9(7-10)5-6-9/h5-7,10H2,1-4H3. The molecule has 1 fully saturated rings. The Morgan fingerprint density at radius 2 is 1.79 bits per heavy atom. The molecule has 0 spiro atoms. The number of rotatable bonds is 3. The van der Waals surface area contributed by atoms with Crippen molar-refractivity contribution in [1.29, 1.82) is 0 Å². The first-order valence-corrected chi connectivity index (χ1v) is 6.30. The molecule has 0 heterocycles. The van der Waals surface area contributed by atoms with Crippen LogP contribution in [0.2, 0.25) is 0 Å². The van der Waals surface area contributed by atoms with Crippen LogP contribution < -0.4 is 5.73 Å². The minimum Gasteiger partial charge on any atom is -0.329 e. The lowest BCUT2D eigenvalue weighted by Crippen LogP contribution is -2.50. The van der Waals surface area contributed by atoms with E-state index in [4.69, 9.17) is 5.73 Å². The van der Waals surface area contributed by atoms with E-state index in [-0.39, 0.29) is 12.1 Å². The largest absolute Gasteiger partial charge is 0.329 e. The van der Waals surface area contributed by atoms with E-state index in [0.717, 1.165) is 0 Å². The van der Waals surface area contributed by atoms with E-state index in [1.165, 1.54) is 4.31 Å². The van der Waals surface area contributed by atoms with Gasteiger partial charge in [0.2, 0.25) is 10.0 Å². The number of nitrogens with zero attached hydrogens (tertiary/aromatic N) is 1. The normalized spacial score (nSPS) is 21.3. The average Bonchev–Trinajstić information content (AvgIpc) is 2.81. The first-order chi connectivity index (χ1) is 6.17. The second kappa shape index (κ2) is 3.18. The summed E-state index contributed by atoms with van der Waals surface area (Å²) in [6.45, 7) is 5.89. The Hall–Kier alpha value is -0.130. The van der Waals surface area contributed by atoms with Gasteiger partial charge in [-0.25, -0.2) is 8.42 Å². The average molecular weight is 220 g/mol. The summed E-state index contributed by atoms with van der Waals surface area (Å²) in [6, 6.07) is 0. The quantitative estimate of drug-likeness (QED) is 0.755. The molecule has 0 radical (unpaired) electrons. The van der Waals surface area contributed by atoms with Crippen LogP contribution in [0.3, 0.4) is 0 Å². The van der Waals surface area contributed by atoms with Gasteiger partial charge in [-0.05, 0) is 33.6 Å². The van der Waals surface area contributed by atoms with Crippen LogP contribution in [0.4, 0.5) is 0 Å². The highest BCUT2D eigenvalue weighted by molar-refractivity contribution is 7.90. The Labute approximate surface area is 86.5 Å². The second-order valence-corrected chi connectivity index (χ2v) is 7.39. The van der Waals surface area contributed by atoms with Crippen LogP contribution in [0, 0.1) is 0 Å². The van der Waals surface area contributed by atoms with E-state index in [0.29, 0.717) is 12.8 Å². The molecule has 1 aliphatic rings. The Morgan fingerprint density at radius 1 is 1.36 bits per heavy atom. The van der Waals surface area contributed by atoms with Crippen molar-refractivity contribution in [1.82, 2.24) is 4.31 Å². The fourth-order valence-electron chi connectivity index (χ4n) is 1.36. The lowest BCUT2D eigenvalue weighted by atomic mass is 10.1. The maximum absolute atomic E-state index is 12.1. The van der Waals surface area contributed by atoms with Crippen molar-refractivity contribution in [3.63, 3.8) is 0 Å². The van der Waals surface area contributed by atoms with Crippen LogP contribution >= 0.6 is 0 Å². The summed E-state index contributed by atoms with van der Waals surface area (Å²) in [6.07, 6.45) is 1.40. The van der Waals surface area contributed by atoms with Gasteiger partial charge in [0.25, 0.3) is 0 Å². The molecule has 1 saturated carbocycles. The monoisotopic (exact) mass is 220 g/mol. The maximum Gasteiger partial charge on any atom is 0.221 e. The lowest BCUT2D eigenvalue weighted by Gasteiger charge is -2.34. The Morgan fingerprint density at radius 3 is 2.00 bits per heavy atom. The van der Waals surface area contributed by atoms with Crippen LogP contribution in [0.1, 0.15) is 33.6 Å². The Bertz CT molecular complexity index is 312. The molecule has 14 heavy (non-hydrogen) atoms. The molecule has 0 unspecified atom stereocenters. The predicted octanol–water partition coefficient (Wildman–Crippen LogP) is 0.538. The number of hydrogen-bond donors (Lipinski definition) is 1. The Kier molecular flexibility index (Phi) is 2.71. The minimum atomic E-state index is -3.23. The molecular formula is C9H20N2O2S.